The molecule has 0 aromatic heterocycles. The summed E-state index contributed by atoms with van der Waals surface area (Å²) < 4.78 is 61.7. The molecule has 18 heteroatoms. The predicted molar refractivity (Wildman–Crippen MR) is 546 cm³/mol. The van der Waals surface area contributed by atoms with Crippen molar-refractivity contribution in [3.8, 4) is 0 Å². The average Bonchev–Trinajstić information content (AvgIpc) is 0.899. The lowest BCUT2D eigenvalue weighted by Gasteiger charge is -2.21. The first-order valence-corrected chi connectivity index (χ1v) is 54.4. The van der Waals surface area contributed by atoms with E-state index in [4.69, 9.17) is 32.3 Å². The van der Waals surface area contributed by atoms with Gasteiger partial charge in [-0.2, -0.15) is 0 Å². The molecule has 0 spiro atoms. The molecule has 0 aromatic carbocycles. The predicted octanol–water partition coefficient (Wildman–Crippen LogP) is 32.7. The number of hydrogen-bond donors (Lipinski definition) is 4. The van der Waals surface area contributed by atoms with Crippen LogP contribution in [0.5, 0.6) is 0 Å². The number of carbonyl (C=O) groups is 3. The molecule has 0 radical (unpaired) electrons. The Morgan fingerprint density at radius 3 is 0.612 bits per heavy atom. The van der Waals surface area contributed by atoms with Gasteiger partial charge in [0.2, 0.25) is 0 Å². The fourth-order valence-corrected chi connectivity index (χ4v) is 15.4. The Labute approximate surface area is 788 Å². The molecule has 16 nitrogen and oxygen atoms in total. The largest absolute Gasteiger partial charge is 0.472 e. The van der Waals surface area contributed by atoms with E-state index in [1.807, 2.05) is 0 Å². The summed E-state index contributed by atoms with van der Waals surface area (Å²) in [5.74, 6) is -1.57. The Hall–Kier alpha value is -5.87. The smallest absolute Gasteiger partial charge is 0.463 e. The summed E-state index contributed by atoms with van der Waals surface area (Å²) in [5.41, 5.74) is 0. The summed E-state index contributed by atoms with van der Waals surface area (Å²) in [6, 6.07) is 0. The van der Waals surface area contributed by atoms with Crippen molar-refractivity contribution in [2.45, 2.75) is 437 Å². The van der Waals surface area contributed by atoms with Gasteiger partial charge in [0.15, 0.2) is 6.10 Å². The lowest BCUT2D eigenvalue weighted by Crippen LogP contribution is -2.30. The van der Waals surface area contributed by atoms with E-state index in [1.165, 1.54) is 167 Å². The number of unbranched alkanes of at least 4 members (excludes halogenated alkanes) is 39. The number of rotatable bonds is 96. The van der Waals surface area contributed by atoms with Crippen molar-refractivity contribution >= 4 is 33.6 Å². The van der Waals surface area contributed by atoms with Crippen molar-refractivity contribution < 1.29 is 75.8 Å². The molecular formula is C111H186O16P2. The topological polar surface area (TPSA) is 231 Å². The lowest BCUT2D eigenvalue weighted by atomic mass is 10.0. The first-order valence-electron chi connectivity index (χ1n) is 51.4. The highest BCUT2D eigenvalue weighted by atomic mass is 31.2. The molecular weight excluding hydrogens is 1650 g/mol. The molecule has 0 aromatic rings. The normalized spacial score (nSPS) is 14.5. The zero-order valence-electron chi connectivity index (χ0n) is 81.5. The second-order valence-electron chi connectivity index (χ2n) is 33.8. The quantitative estimate of drug-likeness (QED) is 0.0146. The van der Waals surface area contributed by atoms with Crippen LogP contribution >= 0.6 is 15.6 Å². The first kappa shape index (κ1) is 123. The third-order valence-electron chi connectivity index (χ3n) is 21.5. The molecule has 0 aliphatic rings. The minimum Gasteiger partial charge on any atom is -0.463 e. The highest BCUT2D eigenvalue weighted by Gasteiger charge is 2.30. The summed E-state index contributed by atoms with van der Waals surface area (Å²) in [6.07, 6.45) is 137. The van der Waals surface area contributed by atoms with Crippen LogP contribution in [0.1, 0.15) is 419 Å². The van der Waals surface area contributed by atoms with Crippen LogP contribution in [-0.4, -0.2) is 95.9 Å². The molecule has 0 heterocycles. The highest BCUT2D eigenvalue weighted by molar-refractivity contribution is 7.47. The molecule has 0 amide bonds. The molecule has 5 unspecified atom stereocenters. The van der Waals surface area contributed by atoms with E-state index in [2.05, 4.69) is 227 Å². The van der Waals surface area contributed by atoms with Crippen LogP contribution in [0, 0.1) is 0 Å². The first-order chi connectivity index (χ1) is 63.2. The van der Waals surface area contributed by atoms with Crippen molar-refractivity contribution in [1.29, 1.82) is 0 Å². The van der Waals surface area contributed by atoms with Crippen molar-refractivity contribution in [1.82, 2.24) is 0 Å². The maximum absolute atomic E-state index is 13.1. The van der Waals surface area contributed by atoms with Gasteiger partial charge in [0.25, 0.3) is 0 Å². The van der Waals surface area contributed by atoms with Gasteiger partial charge in [0.1, 0.15) is 25.4 Å². The molecule has 0 saturated carbocycles. The van der Waals surface area contributed by atoms with E-state index in [0.717, 1.165) is 193 Å². The van der Waals surface area contributed by atoms with Crippen LogP contribution in [0.2, 0.25) is 0 Å². The van der Waals surface area contributed by atoms with Gasteiger partial charge in [0, 0.05) is 19.3 Å². The van der Waals surface area contributed by atoms with E-state index in [0.29, 0.717) is 19.3 Å². The van der Waals surface area contributed by atoms with Crippen molar-refractivity contribution in [2.75, 3.05) is 39.6 Å². The number of esters is 3. The number of phosphoric acid groups is 2. The van der Waals surface area contributed by atoms with Gasteiger partial charge in [-0.15, -0.1) is 0 Å². The van der Waals surface area contributed by atoms with Crippen molar-refractivity contribution in [2.24, 2.45) is 0 Å². The van der Waals surface area contributed by atoms with Crippen LogP contribution < -0.4 is 0 Å². The zero-order valence-corrected chi connectivity index (χ0v) is 83.3. The van der Waals surface area contributed by atoms with Crippen LogP contribution in [0.15, 0.2) is 207 Å². The highest BCUT2D eigenvalue weighted by Crippen LogP contribution is 2.45. The summed E-state index contributed by atoms with van der Waals surface area (Å²) in [7, 11) is -9.83. The van der Waals surface area contributed by atoms with E-state index in [1.54, 1.807) is 0 Å². The number of aliphatic hydroxyl groups is 2. The van der Waals surface area contributed by atoms with Crippen molar-refractivity contribution in [3.63, 3.8) is 0 Å². The molecule has 736 valence electrons. The van der Waals surface area contributed by atoms with Gasteiger partial charge in [-0.1, -0.05) is 439 Å². The number of carbonyl (C=O) groups excluding carboxylic acids is 3. The average molecular weight is 1840 g/mol. The second kappa shape index (κ2) is 101. The molecule has 0 fully saturated rings. The molecule has 0 rings (SSSR count). The molecule has 4 N–H and O–H groups in total. The van der Waals surface area contributed by atoms with Crippen molar-refractivity contribution in [3.05, 3.63) is 207 Å². The molecule has 5 atom stereocenters. The molecule has 0 aliphatic carbocycles. The van der Waals surface area contributed by atoms with Crippen LogP contribution in [-0.2, 0) is 55.8 Å². The fraction of sp³-hybridized carbons (Fsp3) is 0.667. The fourth-order valence-electron chi connectivity index (χ4n) is 13.8. The van der Waals surface area contributed by atoms with Gasteiger partial charge >= 0.3 is 33.6 Å². The minimum atomic E-state index is -4.95. The molecule has 0 saturated heterocycles. The number of phosphoric ester groups is 2. The lowest BCUT2D eigenvalue weighted by molar-refractivity contribution is -0.161. The van der Waals surface area contributed by atoms with Gasteiger partial charge in [-0.05, 0) is 167 Å². The second-order valence-corrected chi connectivity index (χ2v) is 36.8. The van der Waals surface area contributed by atoms with E-state index in [-0.39, 0.29) is 19.3 Å². The van der Waals surface area contributed by atoms with E-state index >= 15 is 0 Å². The monoisotopic (exact) mass is 1840 g/mol. The van der Waals surface area contributed by atoms with Crippen LogP contribution in [0.25, 0.3) is 0 Å². The van der Waals surface area contributed by atoms with Gasteiger partial charge in [-0.25, -0.2) is 9.13 Å². The number of hydrogen-bond acceptors (Lipinski definition) is 14. The Balaban J connectivity index is 4.61. The number of aliphatic hydroxyl groups excluding tert-OH is 2. The Morgan fingerprint density at radius 2 is 0.388 bits per heavy atom. The standard InChI is InChI=1S/C111H186O16P2/c1-4-7-10-13-16-19-22-25-28-31-34-37-40-43-46-48-50-51-52-53-55-57-59-61-64-67-70-73-76-79-82-85-88-91-94-97-109(114)121-100-106(112)101-123-128(117,118)124-102-107(113)103-125-129(119,120)126-105-108(127-111(116)99-96-93-90-87-84-81-78-75-72-69-66-63-58-45-42-39-36-33-30-27-24-21-18-15-12-9-6-3)104-122-110(115)98-95-92-89-86-83-80-77-74-71-68-65-62-60-56-54-49-47-44-41-38-35-32-29-26-23-20-17-14-11-8-5-2/h7-12,16-21,25-30,34-39,43-47,50-51,54,56,58,106-108,112-113H,4-6,13-15,22-24,31-33,40-42,48-49,52-53,55,57,59-105H2,1-3H3,(H,117,118)(H,119,120)/b10-7-,11-8-,12-9-,19-16-,20-17-,21-18-,28-25-,29-26-,30-27-,37-34-,38-35-,39-36-,46-43-,47-44-,51-50-,56-54-,58-45-. The minimum absolute atomic E-state index is 0.0948. The van der Waals surface area contributed by atoms with Crippen LogP contribution in [0.3, 0.4) is 0 Å². The van der Waals surface area contributed by atoms with E-state index < -0.39 is 91.5 Å². The number of allylic oxidation sites excluding steroid dienone is 34. The summed E-state index contributed by atoms with van der Waals surface area (Å²) in [6.45, 7) is 2.39. The Morgan fingerprint density at radius 1 is 0.217 bits per heavy atom. The molecule has 129 heavy (non-hydrogen) atoms. The Bertz CT molecular complexity index is 3180. The third kappa shape index (κ3) is 102. The maximum atomic E-state index is 13.1. The van der Waals surface area contributed by atoms with Gasteiger partial charge < -0.3 is 34.2 Å². The van der Waals surface area contributed by atoms with Crippen LogP contribution in [0.4, 0.5) is 0 Å². The van der Waals surface area contributed by atoms with E-state index in [9.17, 15) is 43.5 Å². The SMILES string of the molecule is CC/C=C\C/C=C\C/C=C\C/C=C\C/C=C\C/C=C\CCCCCCCCCCCCCCCCCCC(=O)OCC(O)COP(=O)(O)OCC(O)COP(=O)(O)OCC(COC(=O)CCCCCCCCCCCCCC/C=C\C/C=C\C/C=C\C/C=C\C/C=C\C/C=C\CC)OC(=O)CCCCCCCCCCCCC/C=C\C/C=C\C/C=C\C/C=C\C/C=C\CC. The zero-order chi connectivity index (χ0) is 93.5. The molecule has 0 aliphatic heterocycles. The molecule has 0 bridgehead atoms. The van der Waals surface area contributed by atoms with Gasteiger partial charge in [0.05, 0.1) is 26.4 Å². The maximum Gasteiger partial charge on any atom is 0.472 e. The van der Waals surface area contributed by atoms with Gasteiger partial charge in [-0.3, -0.25) is 32.5 Å². The summed E-state index contributed by atoms with van der Waals surface area (Å²) in [4.78, 5) is 59.2. The Kier molecular flexibility index (Phi) is 96.5. The third-order valence-corrected chi connectivity index (χ3v) is 23.4. The summed E-state index contributed by atoms with van der Waals surface area (Å²) >= 11 is 0. The number of ether oxygens (including phenoxy) is 3. The summed E-state index contributed by atoms with van der Waals surface area (Å²) in [5, 5.41) is 20.8.